The van der Waals surface area contributed by atoms with E-state index >= 15 is 0 Å². The zero-order valence-corrected chi connectivity index (χ0v) is 12.0. The van der Waals surface area contributed by atoms with Crippen LogP contribution in [0.1, 0.15) is 52.7 Å². The summed E-state index contributed by atoms with van der Waals surface area (Å²) in [5.41, 5.74) is 3.92. The molecule has 1 aromatic rings. The molecule has 1 amide bonds. The van der Waals surface area contributed by atoms with Gasteiger partial charge in [0.25, 0.3) is 5.91 Å². The molecule has 0 bridgehead atoms. The molecule has 0 radical (unpaired) electrons. The number of amides is 1. The third-order valence-electron chi connectivity index (χ3n) is 3.95. The minimum atomic E-state index is -0.399. The van der Waals surface area contributed by atoms with E-state index in [0.717, 1.165) is 42.4 Å². The van der Waals surface area contributed by atoms with Gasteiger partial charge in [-0.15, -0.1) is 0 Å². The number of aliphatic hydroxyl groups is 1. The number of carbonyl (C=O) groups excluding carboxylic acids is 1. The van der Waals surface area contributed by atoms with E-state index in [1.54, 1.807) is 0 Å². The van der Waals surface area contributed by atoms with Crippen LogP contribution in [0.3, 0.4) is 0 Å². The Bertz CT molecular complexity index is 459. The summed E-state index contributed by atoms with van der Waals surface area (Å²) in [5, 5.41) is 12.9. The second kappa shape index (κ2) is 5.74. The Morgan fingerprint density at radius 1 is 1.16 bits per heavy atom. The SMILES string of the molecule is Cc1cc(C)c(C(=O)N[C@@H]2CCCC[C@H]2O)c(C)c1. The van der Waals surface area contributed by atoms with E-state index in [9.17, 15) is 9.90 Å². The first-order valence-electron chi connectivity index (χ1n) is 7.06. The molecule has 0 saturated heterocycles. The first kappa shape index (κ1) is 14.1. The fourth-order valence-electron chi connectivity index (χ4n) is 3.06. The molecular formula is C16H23NO2. The maximum Gasteiger partial charge on any atom is 0.252 e. The fraction of sp³-hybridized carbons (Fsp3) is 0.562. The molecule has 1 aliphatic rings. The maximum absolute atomic E-state index is 12.4. The van der Waals surface area contributed by atoms with Crippen molar-refractivity contribution in [3.8, 4) is 0 Å². The van der Waals surface area contributed by atoms with Crippen LogP contribution < -0.4 is 5.32 Å². The Hall–Kier alpha value is -1.35. The van der Waals surface area contributed by atoms with Crippen molar-refractivity contribution in [3.63, 3.8) is 0 Å². The molecule has 104 valence electrons. The molecule has 3 nitrogen and oxygen atoms in total. The first-order valence-corrected chi connectivity index (χ1v) is 7.06. The highest BCUT2D eigenvalue weighted by Gasteiger charge is 2.25. The van der Waals surface area contributed by atoms with Gasteiger partial charge in [-0.1, -0.05) is 30.5 Å². The molecule has 1 aromatic carbocycles. The second-order valence-corrected chi connectivity index (χ2v) is 5.71. The lowest BCUT2D eigenvalue weighted by Gasteiger charge is -2.28. The lowest BCUT2D eigenvalue weighted by molar-refractivity contribution is 0.0716. The van der Waals surface area contributed by atoms with Gasteiger partial charge < -0.3 is 10.4 Å². The smallest absolute Gasteiger partial charge is 0.252 e. The van der Waals surface area contributed by atoms with Gasteiger partial charge in [0, 0.05) is 5.56 Å². The number of nitrogens with one attached hydrogen (secondary N) is 1. The quantitative estimate of drug-likeness (QED) is 0.860. The number of hydrogen-bond donors (Lipinski definition) is 2. The fourth-order valence-corrected chi connectivity index (χ4v) is 3.06. The number of carbonyl (C=O) groups is 1. The average molecular weight is 261 g/mol. The number of hydrogen-bond acceptors (Lipinski definition) is 2. The summed E-state index contributed by atoms with van der Waals surface area (Å²) in [6.07, 6.45) is 3.39. The van der Waals surface area contributed by atoms with Crippen LogP contribution in [0.2, 0.25) is 0 Å². The molecule has 1 saturated carbocycles. The third-order valence-corrected chi connectivity index (χ3v) is 3.95. The van der Waals surface area contributed by atoms with E-state index in [2.05, 4.69) is 5.32 Å². The monoisotopic (exact) mass is 261 g/mol. The van der Waals surface area contributed by atoms with Crippen molar-refractivity contribution >= 4 is 5.91 Å². The lowest BCUT2D eigenvalue weighted by Crippen LogP contribution is -2.45. The summed E-state index contributed by atoms with van der Waals surface area (Å²) in [4.78, 5) is 12.4. The molecule has 19 heavy (non-hydrogen) atoms. The molecule has 1 aliphatic carbocycles. The predicted molar refractivity (Wildman–Crippen MR) is 76.4 cm³/mol. The standard InChI is InChI=1S/C16H23NO2/c1-10-8-11(2)15(12(3)9-10)16(19)17-13-6-4-5-7-14(13)18/h8-9,13-14,18H,4-7H2,1-3H3,(H,17,19)/t13-,14-/m1/s1. The van der Waals surface area contributed by atoms with Gasteiger partial charge in [-0.3, -0.25) is 4.79 Å². The number of rotatable bonds is 2. The van der Waals surface area contributed by atoms with Crippen LogP contribution in [0.4, 0.5) is 0 Å². The van der Waals surface area contributed by atoms with Crippen molar-refractivity contribution in [1.29, 1.82) is 0 Å². The van der Waals surface area contributed by atoms with Gasteiger partial charge in [0.05, 0.1) is 12.1 Å². The maximum atomic E-state index is 12.4. The van der Waals surface area contributed by atoms with Crippen molar-refractivity contribution < 1.29 is 9.90 Å². The van der Waals surface area contributed by atoms with Gasteiger partial charge in [0.15, 0.2) is 0 Å². The number of benzene rings is 1. The van der Waals surface area contributed by atoms with Crippen LogP contribution in [0.15, 0.2) is 12.1 Å². The van der Waals surface area contributed by atoms with Gasteiger partial charge >= 0.3 is 0 Å². The summed E-state index contributed by atoms with van der Waals surface area (Å²) in [6.45, 7) is 5.96. The van der Waals surface area contributed by atoms with Crippen molar-refractivity contribution in [1.82, 2.24) is 5.32 Å². The van der Waals surface area contributed by atoms with Crippen molar-refractivity contribution in [2.24, 2.45) is 0 Å². The number of aliphatic hydroxyl groups excluding tert-OH is 1. The Morgan fingerprint density at radius 3 is 2.32 bits per heavy atom. The van der Waals surface area contributed by atoms with Crippen LogP contribution in [0.5, 0.6) is 0 Å². The molecule has 0 heterocycles. The average Bonchev–Trinajstić information content (AvgIpc) is 2.30. The molecule has 2 N–H and O–H groups in total. The molecule has 2 atom stereocenters. The molecule has 2 rings (SSSR count). The third kappa shape index (κ3) is 3.16. The zero-order valence-electron chi connectivity index (χ0n) is 12.0. The van der Waals surface area contributed by atoms with Gasteiger partial charge in [0.2, 0.25) is 0 Å². The number of aryl methyl sites for hydroxylation is 3. The Kier molecular flexibility index (Phi) is 4.25. The summed E-state index contributed by atoms with van der Waals surface area (Å²) < 4.78 is 0. The van der Waals surface area contributed by atoms with Gasteiger partial charge in [-0.05, 0) is 44.7 Å². The molecule has 3 heteroatoms. The van der Waals surface area contributed by atoms with E-state index in [1.165, 1.54) is 5.56 Å². The predicted octanol–water partition coefficient (Wildman–Crippen LogP) is 2.65. The van der Waals surface area contributed by atoms with E-state index in [-0.39, 0.29) is 11.9 Å². The highest BCUT2D eigenvalue weighted by atomic mass is 16.3. The van der Waals surface area contributed by atoms with Gasteiger partial charge in [-0.2, -0.15) is 0 Å². The molecule has 0 aliphatic heterocycles. The van der Waals surface area contributed by atoms with E-state index < -0.39 is 6.10 Å². The van der Waals surface area contributed by atoms with Crippen LogP contribution >= 0.6 is 0 Å². The van der Waals surface area contributed by atoms with Gasteiger partial charge in [0.1, 0.15) is 0 Å². The normalized spacial score (nSPS) is 23.2. The van der Waals surface area contributed by atoms with E-state index in [4.69, 9.17) is 0 Å². The van der Waals surface area contributed by atoms with Crippen molar-refractivity contribution in [2.45, 2.75) is 58.6 Å². The summed E-state index contributed by atoms with van der Waals surface area (Å²) in [7, 11) is 0. The Morgan fingerprint density at radius 2 is 1.74 bits per heavy atom. The van der Waals surface area contributed by atoms with Crippen LogP contribution in [-0.4, -0.2) is 23.2 Å². The minimum Gasteiger partial charge on any atom is -0.391 e. The molecule has 0 aromatic heterocycles. The summed E-state index contributed by atoms with van der Waals surface area (Å²) >= 11 is 0. The van der Waals surface area contributed by atoms with Crippen LogP contribution in [0, 0.1) is 20.8 Å². The second-order valence-electron chi connectivity index (χ2n) is 5.71. The summed E-state index contributed by atoms with van der Waals surface area (Å²) in [5.74, 6) is -0.0547. The lowest BCUT2D eigenvalue weighted by atomic mass is 9.91. The van der Waals surface area contributed by atoms with E-state index in [1.807, 2.05) is 32.9 Å². The van der Waals surface area contributed by atoms with Crippen molar-refractivity contribution in [2.75, 3.05) is 0 Å². The largest absolute Gasteiger partial charge is 0.391 e. The molecule has 0 unspecified atom stereocenters. The molecule has 1 fully saturated rings. The molecular weight excluding hydrogens is 238 g/mol. The Balaban J connectivity index is 2.16. The minimum absolute atomic E-state index is 0.0547. The highest BCUT2D eigenvalue weighted by molar-refractivity contribution is 5.97. The van der Waals surface area contributed by atoms with Crippen LogP contribution in [0.25, 0.3) is 0 Å². The topological polar surface area (TPSA) is 49.3 Å². The van der Waals surface area contributed by atoms with E-state index in [0.29, 0.717) is 0 Å². The zero-order chi connectivity index (χ0) is 14.0. The van der Waals surface area contributed by atoms with Crippen molar-refractivity contribution in [3.05, 3.63) is 34.4 Å². The van der Waals surface area contributed by atoms with Crippen LogP contribution in [-0.2, 0) is 0 Å². The highest BCUT2D eigenvalue weighted by Crippen LogP contribution is 2.21. The van der Waals surface area contributed by atoms with Gasteiger partial charge in [-0.25, -0.2) is 0 Å². The molecule has 0 spiro atoms. The summed E-state index contributed by atoms with van der Waals surface area (Å²) in [6, 6.07) is 3.96. The Labute approximate surface area is 115 Å². The first-order chi connectivity index (χ1) is 8.99.